The van der Waals surface area contributed by atoms with E-state index in [2.05, 4.69) is 30.3 Å². The van der Waals surface area contributed by atoms with Crippen LogP contribution >= 0.6 is 0 Å². The molecule has 0 spiro atoms. The van der Waals surface area contributed by atoms with Crippen LogP contribution in [0.25, 0.3) is 0 Å². The monoisotopic (exact) mass is 202 g/mol. The zero-order valence-corrected chi connectivity index (χ0v) is 9.28. The van der Waals surface area contributed by atoms with E-state index in [1.807, 2.05) is 7.11 Å². The Kier molecular flexibility index (Phi) is 2.10. The lowest BCUT2D eigenvalue weighted by Crippen LogP contribution is -2.33. The summed E-state index contributed by atoms with van der Waals surface area (Å²) in [5, 5.41) is 0. The summed E-state index contributed by atoms with van der Waals surface area (Å²) in [6, 6.07) is 11.0. The minimum atomic E-state index is 0.383. The lowest BCUT2D eigenvalue weighted by Gasteiger charge is -2.31. The first-order valence-electron chi connectivity index (χ1n) is 5.96. The molecule has 1 heteroatoms. The van der Waals surface area contributed by atoms with Crippen molar-refractivity contribution in [2.45, 2.75) is 37.2 Å². The second-order valence-electron chi connectivity index (χ2n) is 4.96. The predicted octanol–water partition coefficient (Wildman–Crippen LogP) is 3.14. The van der Waals surface area contributed by atoms with Gasteiger partial charge in [0.2, 0.25) is 0 Å². The number of methoxy groups -OCH3 is 1. The first kappa shape index (κ1) is 9.41. The van der Waals surface area contributed by atoms with Gasteiger partial charge in [-0.3, -0.25) is 0 Å². The number of ether oxygens (including phenoxy) is 1. The van der Waals surface area contributed by atoms with Crippen LogP contribution in [-0.2, 0) is 10.2 Å². The average molecular weight is 202 g/mol. The van der Waals surface area contributed by atoms with Gasteiger partial charge in [0.25, 0.3) is 0 Å². The zero-order chi connectivity index (χ0) is 10.3. The Morgan fingerprint density at radius 3 is 2.73 bits per heavy atom. The standard InChI is InChI=1S/C14H18O/c1-15-13-9-5-8-12-10-14(12,13)11-6-3-2-4-7-11/h2-4,6-7,12-13H,5,8-10H2,1H3. The third-order valence-electron chi connectivity index (χ3n) is 4.34. The van der Waals surface area contributed by atoms with Gasteiger partial charge in [-0.2, -0.15) is 0 Å². The van der Waals surface area contributed by atoms with Crippen molar-refractivity contribution < 1.29 is 4.74 Å². The van der Waals surface area contributed by atoms with Crippen LogP contribution in [0.4, 0.5) is 0 Å². The molecule has 0 heterocycles. The smallest absolute Gasteiger partial charge is 0.0670 e. The molecule has 0 radical (unpaired) electrons. The summed E-state index contributed by atoms with van der Waals surface area (Å²) in [5.41, 5.74) is 1.88. The van der Waals surface area contributed by atoms with Crippen molar-refractivity contribution in [2.75, 3.05) is 7.11 Å². The van der Waals surface area contributed by atoms with Gasteiger partial charge in [0, 0.05) is 12.5 Å². The fraction of sp³-hybridized carbons (Fsp3) is 0.571. The molecule has 1 aromatic rings. The minimum absolute atomic E-state index is 0.383. The highest BCUT2D eigenvalue weighted by Crippen LogP contribution is 2.62. The van der Waals surface area contributed by atoms with Crippen molar-refractivity contribution in [1.82, 2.24) is 0 Å². The van der Waals surface area contributed by atoms with Gasteiger partial charge in [0.05, 0.1) is 6.10 Å². The van der Waals surface area contributed by atoms with Crippen molar-refractivity contribution in [3.63, 3.8) is 0 Å². The Morgan fingerprint density at radius 1 is 1.20 bits per heavy atom. The van der Waals surface area contributed by atoms with E-state index in [1.54, 1.807) is 0 Å². The fourth-order valence-corrected chi connectivity index (χ4v) is 3.53. The van der Waals surface area contributed by atoms with E-state index in [4.69, 9.17) is 4.74 Å². The van der Waals surface area contributed by atoms with Gasteiger partial charge < -0.3 is 4.74 Å². The molecule has 0 amide bonds. The van der Waals surface area contributed by atoms with Crippen molar-refractivity contribution in [1.29, 1.82) is 0 Å². The Balaban J connectivity index is 1.96. The Morgan fingerprint density at radius 2 is 2.00 bits per heavy atom. The fourth-order valence-electron chi connectivity index (χ4n) is 3.53. The van der Waals surface area contributed by atoms with Gasteiger partial charge >= 0.3 is 0 Å². The van der Waals surface area contributed by atoms with E-state index in [-0.39, 0.29) is 0 Å². The van der Waals surface area contributed by atoms with Crippen molar-refractivity contribution in [2.24, 2.45) is 5.92 Å². The number of benzene rings is 1. The first-order chi connectivity index (χ1) is 7.38. The predicted molar refractivity (Wildman–Crippen MR) is 60.9 cm³/mol. The maximum atomic E-state index is 5.70. The number of hydrogen-bond donors (Lipinski definition) is 0. The third-order valence-corrected chi connectivity index (χ3v) is 4.34. The van der Waals surface area contributed by atoms with E-state index >= 15 is 0 Å². The molecule has 0 bridgehead atoms. The molecule has 2 aliphatic rings. The first-order valence-corrected chi connectivity index (χ1v) is 5.96. The number of rotatable bonds is 2. The minimum Gasteiger partial charge on any atom is -0.381 e. The average Bonchev–Trinajstić information content (AvgIpc) is 3.05. The molecule has 0 N–H and O–H groups in total. The van der Waals surface area contributed by atoms with Crippen LogP contribution < -0.4 is 0 Å². The summed E-state index contributed by atoms with van der Waals surface area (Å²) in [7, 11) is 1.87. The highest BCUT2D eigenvalue weighted by molar-refractivity contribution is 5.36. The number of fused-ring (bicyclic) bond motifs is 1. The summed E-state index contributed by atoms with van der Waals surface area (Å²) < 4.78 is 5.70. The van der Waals surface area contributed by atoms with Crippen LogP contribution in [0.15, 0.2) is 30.3 Å². The molecule has 3 rings (SSSR count). The summed E-state index contributed by atoms with van der Waals surface area (Å²) >= 11 is 0. The zero-order valence-electron chi connectivity index (χ0n) is 9.28. The maximum absolute atomic E-state index is 5.70. The molecular formula is C14H18O. The summed E-state index contributed by atoms with van der Waals surface area (Å²) in [4.78, 5) is 0. The topological polar surface area (TPSA) is 9.23 Å². The van der Waals surface area contributed by atoms with Gasteiger partial charge in [0.1, 0.15) is 0 Å². The van der Waals surface area contributed by atoms with Crippen molar-refractivity contribution in [3.05, 3.63) is 35.9 Å². The second kappa shape index (κ2) is 3.34. The van der Waals surface area contributed by atoms with E-state index in [9.17, 15) is 0 Å². The van der Waals surface area contributed by atoms with Crippen LogP contribution in [0.2, 0.25) is 0 Å². The summed E-state index contributed by atoms with van der Waals surface area (Å²) in [6.45, 7) is 0. The maximum Gasteiger partial charge on any atom is 0.0670 e. The molecule has 0 saturated heterocycles. The number of hydrogen-bond acceptors (Lipinski definition) is 1. The van der Waals surface area contributed by atoms with E-state index in [0.29, 0.717) is 11.5 Å². The molecule has 1 aromatic carbocycles. The molecule has 80 valence electrons. The normalized spacial score (nSPS) is 38.5. The molecule has 3 atom stereocenters. The molecule has 0 aliphatic heterocycles. The largest absolute Gasteiger partial charge is 0.381 e. The Labute approximate surface area is 91.5 Å². The lowest BCUT2D eigenvalue weighted by atomic mass is 9.80. The molecule has 0 aromatic heterocycles. The van der Waals surface area contributed by atoms with Crippen LogP contribution in [0.3, 0.4) is 0 Å². The lowest BCUT2D eigenvalue weighted by molar-refractivity contribution is 0.0426. The van der Waals surface area contributed by atoms with Gasteiger partial charge in [-0.25, -0.2) is 0 Å². The van der Waals surface area contributed by atoms with Crippen LogP contribution in [-0.4, -0.2) is 13.2 Å². The van der Waals surface area contributed by atoms with E-state index in [1.165, 1.54) is 31.2 Å². The van der Waals surface area contributed by atoms with Crippen LogP contribution in [0.5, 0.6) is 0 Å². The third kappa shape index (κ3) is 1.26. The quantitative estimate of drug-likeness (QED) is 0.716. The second-order valence-corrected chi connectivity index (χ2v) is 4.96. The summed E-state index contributed by atoms with van der Waals surface area (Å²) in [6.07, 6.45) is 5.78. The van der Waals surface area contributed by atoms with Crippen molar-refractivity contribution in [3.8, 4) is 0 Å². The van der Waals surface area contributed by atoms with Gasteiger partial charge in [-0.15, -0.1) is 0 Å². The molecule has 2 saturated carbocycles. The van der Waals surface area contributed by atoms with E-state index in [0.717, 1.165) is 5.92 Å². The van der Waals surface area contributed by atoms with Gasteiger partial charge in [-0.1, -0.05) is 36.8 Å². The molecular weight excluding hydrogens is 184 g/mol. The molecule has 2 fully saturated rings. The SMILES string of the molecule is COC1CCCC2CC21c1ccccc1. The molecule has 1 nitrogen and oxygen atoms in total. The Hall–Kier alpha value is -0.820. The molecule has 2 aliphatic carbocycles. The molecule has 15 heavy (non-hydrogen) atoms. The van der Waals surface area contributed by atoms with Crippen molar-refractivity contribution >= 4 is 0 Å². The highest BCUT2D eigenvalue weighted by atomic mass is 16.5. The van der Waals surface area contributed by atoms with Crippen LogP contribution in [0.1, 0.15) is 31.2 Å². The summed E-state index contributed by atoms with van der Waals surface area (Å²) in [5.74, 6) is 0.888. The van der Waals surface area contributed by atoms with Gasteiger partial charge in [-0.05, 0) is 30.7 Å². The van der Waals surface area contributed by atoms with Crippen LogP contribution in [0, 0.1) is 5.92 Å². The Bertz CT molecular complexity index is 346. The molecule has 3 unspecified atom stereocenters. The highest BCUT2D eigenvalue weighted by Gasteiger charge is 2.61. The van der Waals surface area contributed by atoms with E-state index < -0.39 is 0 Å². The van der Waals surface area contributed by atoms with Gasteiger partial charge in [0.15, 0.2) is 0 Å².